The van der Waals surface area contributed by atoms with Gasteiger partial charge in [0.25, 0.3) is 0 Å². The molecular weight excluding hydrogens is 315 g/mol. The highest BCUT2D eigenvalue weighted by atomic mass is 19.1. The van der Waals surface area contributed by atoms with Gasteiger partial charge in [-0.05, 0) is 30.0 Å². The van der Waals surface area contributed by atoms with Crippen molar-refractivity contribution in [2.45, 2.75) is 45.7 Å². The third-order valence-corrected chi connectivity index (χ3v) is 3.37. The first-order valence-corrected chi connectivity index (χ1v) is 7.73. The molecule has 6 nitrogen and oxygen atoms in total. The molecule has 0 bridgehead atoms. The molecule has 0 aliphatic carbocycles. The van der Waals surface area contributed by atoms with Gasteiger partial charge in [-0.3, -0.25) is 9.59 Å². The second-order valence-corrected chi connectivity index (χ2v) is 6.11. The Balaban J connectivity index is 2.85. The lowest BCUT2D eigenvalue weighted by atomic mass is 10.0. The van der Waals surface area contributed by atoms with Gasteiger partial charge in [-0.25, -0.2) is 9.18 Å². The van der Waals surface area contributed by atoms with E-state index >= 15 is 0 Å². The summed E-state index contributed by atoms with van der Waals surface area (Å²) < 4.78 is 13.0. The smallest absolute Gasteiger partial charge is 0.326 e. The Morgan fingerprint density at radius 1 is 1.08 bits per heavy atom. The summed E-state index contributed by atoms with van der Waals surface area (Å²) >= 11 is 0. The molecule has 0 heterocycles. The van der Waals surface area contributed by atoms with Gasteiger partial charge in [0.2, 0.25) is 11.8 Å². The minimum Gasteiger partial charge on any atom is -0.480 e. The summed E-state index contributed by atoms with van der Waals surface area (Å²) in [5.74, 6) is -2.43. The van der Waals surface area contributed by atoms with Crippen molar-refractivity contribution in [1.82, 2.24) is 10.6 Å². The molecule has 0 radical (unpaired) electrons. The minimum absolute atomic E-state index is 0.0858. The molecule has 1 aromatic carbocycles. The summed E-state index contributed by atoms with van der Waals surface area (Å²) in [5.41, 5.74) is 0.654. The number of benzene rings is 1. The summed E-state index contributed by atoms with van der Waals surface area (Å²) in [6.45, 7) is 4.98. The normalized spacial score (nSPS) is 13.2. The lowest BCUT2D eigenvalue weighted by Gasteiger charge is -2.22. The van der Waals surface area contributed by atoms with Crippen LogP contribution in [0, 0.1) is 11.7 Å². The number of carbonyl (C=O) groups excluding carboxylic acids is 2. The highest BCUT2D eigenvalue weighted by Crippen LogP contribution is 2.09. The molecule has 0 aliphatic rings. The molecular formula is C17H23FN2O4. The van der Waals surface area contributed by atoms with Crippen LogP contribution in [0.15, 0.2) is 24.3 Å². The average molecular weight is 338 g/mol. The first kappa shape index (κ1) is 19.6. The quantitative estimate of drug-likeness (QED) is 0.669. The number of rotatable bonds is 8. The standard InChI is InChI=1S/C17H23FN2O4/c1-10(2)8-15(17(23)24)20-16(22)14(19-11(3)21)9-12-4-6-13(18)7-5-12/h4-7,10,14-15H,8-9H2,1-3H3,(H,19,21)(H,20,22)(H,23,24)/t14-,15+/m1/s1. The molecule has 0 saturated heterocycles. The van der Waals surface area contributed by atoms with Gasteiger partial charge in [0.05, 0.1) is 0 Å². The van der Waals surface area contributed by atoms with E-state index < -0.39 is 35.7 Å². The summed E-state index contributed by atoms with van der Waals surface area (Å²) in [6, 6.07) is 3.60. The Labute approximate surface area is 140 Å². The number of hydrogen-bond donors (Lipinski definition) is 3. The van der Waals surface area contributed by atoms with Crippen molar-refractivity contribution in [2.75, 3.05) is 0 Å². The molecule has 0 fully saturated rings. The fourth-order valence-electron chi connectivity index (χ4n) is 2.28. The topological polar surface area (TPSA) is 95.5 Å². The van der Waals surface area contributed by atoms with Crippen LogP contribution in [0.1, 0.15) is 32.8 Å². The second-order valence-electron chi connectivity index (χ2n) is 6.11. The lowest BCUT2D eigenvalue weighted by molar-refractivity contribution is -0.142. The van der Waals surface area contributed by atoms with Crippen molar-refractivity contribution in [3.05, 3.63) is 35.6 Å². The van der Waals surface area contributed by atoms with Gasteiger partial charge < -0.3 is 15.7 Å². The van der Waals surface area contributed by atoms with Crippen molar-refractivity contribution in [2.24, 2.45) is 5.92 Å². The molecule has 7 heteroatoms. The number of nitrogens with one attached hydrogen (secondary N) is 2. The zero-order chi connectivity index (χ0) is 18.3. The van der Waals surface area contributed by atoms with E-state index in [2.05, 4.69) is 10.6 Å². The third kappa shape index (κ3) is 6.76. The van der Waals surface area contributed by atoms with Crippen LogP contribution in [0.25, 0.3) is 0 Å². The predicted octanol–water partition coefficient (Wildman–Crippen LogP) is 1.49. The summed E-state index contributed by atoms with van der Waals surface area (Å²) in [6.07, 6.45) is 0.421. The molecule has 0 spiro atoms. The average Bonchev–Trinajstić information content (AvgIpc) is 2.47. The number of halogens is 1. The van der Waals surface area contributed by atoms with Crippen LogP contribution in [-0.4, -0.2) is 35.0 Å². The van der Waals surface area contributed by atoms with Crippen LogP contribution in [0.3, 0.4) is 0 Å². The van der Waals surface area contributed by atoms with Crippen LogP contribution < -0.4 is 10.6 Å². The molecule has 24 heavy (non-hydrogen) atoms. The van der Waals surface area contributed by atoms with Crippen molar-refractivity contribution in [3.63, 3.8) is 0 Å². The first-order chi connectivity index (χ1) is 11.2. The van der Waals surface area contributed by atoms with Crippen molar-refractivity contribution in [3.8, 4) is 0 Å². The Morgan fingerprint density at radius 2 is 1.67 bits per heavy atom. The number of aliphatic carboxylic acids is 1. The first-order valence-electron chi connectivity index (χ1n) is 7.73. The number of amides is 2. The number of carboxylic acids is 1. The van der Waals surface area contributed by atoms with E-state index in [1.165, 1.54) is 31.2 Å². The van der Waals surface area contributed by atoms with E-state index in [-0.39, 0.29) is 18.8 Å². The van der Waals surface area contributed by atoms with E-state index in [1.807, 2.05) is 13.8 Å². The highest BCUT2D eigenvalue weighted by Gasteiger charge is 2.26. The fourth-order valence-corrected chi connectivity index (χ4v) is 2.28. The van der Waals surface area contributed by atoms with E-state index in [0.29, 0.717) is 5.56 Å². The van der Waals surface area contributed by atoms with Crippen LogP contribution >= 0.6 is 0 Å². The van der Waals surface area contributed by atoms with Gasteiger partial charge in [0, 0.05) is 13.3 Å². The Morgan fingerprint density at radius 3 is 2.12 bits per heavy atom. The largest absolute Gasteiger partial charge is 0.480 e. The number of carbonyl (C=O) groups is 3. The molecule has 0 aromatic heterocycles. The number of hydrogen-bond acceptors (Lipinski definition) is 3. The second kappa shape index (κ2) is 9.00. The van der Waals surface area contributed by atoms with E-state index in [9.17, 15) is 23.9 Å². The molecule has 0 unspecified atom stereocenters. The molecule has 0 aliphatic heterocycles. The summed E-state index contributed by atoms with van der Waals surface area (Å²) in [4.78, 5) is 35.0. The zero-order valence-electron chi connectivity index (χ0n) is 14.0. The van der Waals surface area contributed by atoms with Crippen LogP contribution in [0.5, 0.6) is 0 Å². The molecule has 0 saturated carbocycles. The van der Waals surface area contributed by atoms with Gasteiger partial charge in [-0.15, -0.1) is 0 Å². The Kier molecular flexibility index (Phi) is 7.35. The van der Waals surface area contributed by atoms with E-state index in [1.54, 1.807) is 0 Å². The number of carboxylic acid groups (broad SMARTS) is 1. The van der Waals surface area contributed by atoms with Crippen LogP contribution in [-0.2, 0) is 20.8 Å². The summed E-state index contributed by atoms with van der Waals surface area (Å²) in [5, 5.41) is 14.2. The zero-order valence-corrected chi connectivity index (χ0v) is 14.0. The Hall–Kier alpha value is -2.44. The highest BCUT2D eigenvalue weighted by molar-refractivity contribution is 5.90. The van der Waals surface area contributed by atoms with Gasteiger partial charge in [-0.2, -0.15) is 0 Å². The fraction of sp³-hybridized carbons (Fsp3) is 0.471. The van der Waals surface area contributed by atoms with Gasteiger partial charge in [-0.1, -0.05) is 26.0 Å². The van der Waals surface area contributed by atoms with E-state index in [0.717, 1.165) is 0 Å². The van der Waals surface area contributed by atoms with Crippen LogP contribution in [0.4, 0.5) is 4.39 Å². The van der Waals surface area contributed by atoms with Crippen LogP contribution in [0.2, 0.25) is 0 Å². The minimum atomic E-state index is -1.12. The van der Waals surface area contributed by atoms with E-state index in [4.69, 9.17) is 0 Å². The summed E-state index contributed by atoms with van der Waals surface area (Å²) in [7, 11) is 0. The molecule has 3 N–H and O–H groups in total. The third-order valence-electron chi connectivity index (χ3n) is 3.37. The Bertz CT molecular complexity index is 587. The predicted molar refractivity (Wildman–Crippen MR) is 86.7 cm³/mol. The molecule has 1 aromatic rings. The molecule has 132 valence electrons. The van der Waals surface area contributed by atoms with Gasteiger partial charge in [0.1, 0.15) is 17.9 Å². The molecule has 2 amide bonds. The molecule has 2 atom stereocenters. The SMILES string of the molecule is CC(=O)N[C@H](Cc1ccc(F)cc1)C(=O)N[C@@H](CC(C)C)C(=O)O. The van der Waals surface area contributed by atoms with Gasteiger partial charge >= 0.3 is 5.97 Å². The van der Waals surface area contributed by atoms with Gasteiger partial charge in [0.15, 0.2) is 0 Å². The lowest BCUT2D eigenvalue weighted by Crippen LogP contribution is -2.52. The maximum absolute atomic E-state index is 13.0. The molecule has 1 rings (SSSR count). The maximum atomic E-state index is 13.0. The monoisotopic (exact) mass is 338 g/mol. The van der Waals surface area contributed by atoms with Crippen molar-refractivity contribution >= 4 is 17.8 Å². The van der Waals surface area contributed by atoms with Crippen molar-refractivity contribution in [1.29, 1.82) is 0 Å². The van der Waals surface area contributed by atoms with Crippen molar-refractivity contribution < 1.29 is 23.9 Å². The maximum Gasteiger partial charge on any atom is 0.326 e.